The van der Waals surface area contributed by atoms with Crippen molar-refractivity contribution in [2.45, 2.75) is 24.9 Å². The Hall–Kier alpha value is -2.80. The van der Waals surface area contributed by atoms with Gasteiger partial charge in [-0.2, -0.15) is 0 Å². The number of carbonyl (C=O) groups is 2. The monoisotopic (exact) mass is 383 g/mol. The van der Waals surface area contributed by atoms with Gasteiger partial charge < -0.3 is 10.1 Å². The molecule has 0 radical (unpaired) electrons. The van der Waals surface area contributed by atoms with Crippen molar-refractivity contribution < 1.29 is 14.3 Å². The highest BCUT2D eigenvalue weighted by molar-refractivity contribution is 7.98. The van der Waals surface area contributed by atoms with Gasteiger partial charge in [-0.05, 0) is 42.0 Å². The number of ether oxygens (including phenoxy) is 1. The third-order valence-electron chi connectivity index (χ3n) is 4.09. The molecule has 0 saturated carbocycles. The van der Waals surface area contributed by atoms with Gasteiger partial charge in [0, 0.05) is 11.9 Å². The highest BCUT2D eigenvalue weighted by Gasteiger charge is 2.19. The number of nitrogens with one attached hydrogen (secondary N) is 1. The van der Waals surface area contributed by atoms with Crippen LogP contribution in [0.1, 0.15) is 35.8 Å². The molecule has 0 aliphatic heterocycles. The largest absolute Gasteiger partial charge is 0.451 e. The molecule has 0 bridgehead atoms. The lowest BCUT2D eigenvalue weighted by Gasteiger charge is -2.08. The number of imidazole rings is 1. The number of carbonyl (C=O) groups excluding carboxylic acids is 2. The van der Waals surface area contributed by atoms with Crippen molar-refractivity contribution in [1.29, 1.82) is 0 Å². The van der Waals surface area contributed by atoms with Crippen LogP contribution in [0.2, 0.25) is 0 Å². The van der Waals surface area contributed by atoms with Gasteiger partial charge in [-0.25, -0.2) is 9.78 Å². The predicted octanol–water partition coefficient (Wildman–Crippen LogP) is 3.98. The second-order valence-electron chi connectivity index (χ2n) is 6.30. The summed E-state index contributed by atoms with van der Waals surface area (Å²) in [7, 11) is 0. The van der Waals surface area contributed by atoms with E-state index in [1.807, 2.05) is 53.3 Å². The maximum absolute atomic E-state index is 12.4. The summed E-state index contributed by atoms with van der Waals surface area (Å²) >= 11 is 1.43. The first-order chi connectivity index (χ1) is 13.0. The summed E-state index contributed by atoms with van der Waals surface area (Å²) in [5.41, 5.74) is 2.71. The number of amides is 1. The van der Waals surface area contributed by atoms with E-state index in [1.165, 1.54) is 17.3 Å². The summed E-state index contributed by atoms with van der Waals surface area (Å²) in [6.07, 6.45) is 3.72. The van der Waals surface area contributed by atoms with E-state index in [0.29, 0.717) is 22.3 Å². The Kier molecular flexibility index (Phi) is 5.81. The van der Waals surface area contributed by atoms with Crippen molar-refractivity contribution >= 4 is 34.8 Å². The molecule has 3 aromatic rings. The van der Waals surface area contributed by atoms with Crippen LogP contribution in [0.4, 0.5) is 5.69 Å². The SMILES string of the molecule is CSc1nc(C(=O)OCC(=O)Nc2ccc(C(C)C)cc2)c2ccccn12. The van der Waals surface area contributed by atoms with E-state index < -0.39 is 11.9 Å². The smallest absolute Gasteiger partial charge is 0.359 e. The summed E-state index contributed by atoms with van der Waals surface area (Å²) in [4.78, 5) is 28.8. The molecule has 0 fully saturated rings. The number of nitrogens with zero attached hydrogens (tertiary/aromatic N) is 2. The van der Waals surface area contributed by atoms with Crippen molar-refractivity contribution in [3.05, 3.63) is 59.9 Å². The summed E-state index contributed by atoms with van der Waals surface area (Å²) in [6.45, 7) is 3.84. The molecule has 27 heavy (non-hydrogen) atoms. The number of esters is 1. The van der Waals surface area contributed by atoms with Crippen LogP contribution in [0.5, 0.6) is 0 Å². The van der Waals surface area contributed by atoms with Crippen LogP contribution in [0, 0.1) is 0 Å². The second kappa shape index (κ2) is 8.26. The lowest BCUT2D eigenvalue weighted by molar-refractivity contribution is -0.119. The Bertz CT molecular complexity index is 964. The number of anilines is 1. The first kappa shape index (κ1) is 19.0. The van der Waals surface area contributed by atoms with Crippen LogP contribution < -0.4 is 5.32 Å². The van der Waals surface area contributed by atoms with Crippen molar-refractivity contribution in [2.24, 2.45) is 0 Å². The van der Waals surface area contributed by atoms with Crippen LogP contribution in [0.15, 0.2) is 53.8 Å². The molecule has 0 spiro atoms. The first-order valence-electron chi connectivity index (χ1n) is 8.57. The second-order valence-corrected chi connectivity index (χ2v) is 7.08. The highest BCUT2D eigenvalue weighted by atomic mass is 32.2. The molecule has 1 amide bonds. The van der Waals surface area contributed by atoms with Crippen molar-refractivity contribution in [3.63, 3.8) is 0 Å². The van der Waals surface area contributed by atoms with Crippen LogP contribution in [0.25, 0.3) is 5.52 Å². The Balaban J connectivity index is 1.63. The summed E-state index contributed by atoms with van der Waals surface area (Å²) in [5, 5.41) is 3.41. The van der Waals surface area contributed by atoms with E-state index >= 15 is 0 Å². The van der Waals surface area contributed by atoms with Gasteiger partial charge >= 0.3 is 5.97 Å². The fourth-order valence-electron chi connectivity index (χ4n) is 2.65. The minimum absolute atomic E-state index is 0.203. The predicted molar refractivity (Wildman–Crippen MR) is 106 cm³/mol. The number of aromatic nitrogens is 2. The first-order valence-corrected chi connectivity index (χ1v) is 9.80. The number of hydrogen-bond donors (Lipinski definition) is 1. The van der Waals surface area contributed by atoms with Gasteiger partial charge in [-0.15, -0.1) is 0 Å². The molecule has 3 rings (SSSR count). The van der Waals surface area contributed by atoms with Crippen LogP contribution in [-0.2, 0) is 9.53 Å². The van der Waals surface area contributed by atoms with E-state index in [0.717, 1.165) is 0 Å². The van der Waals surface area contributed by atoms with Gasteiger partial charge in [0.2, 0.25) is 0 Å². The highest BCUT2D eigenvalue weighted by Crippen LogP contribution is 2.20. The van der Waals surface area contributed by atoms with Crippen LogP contribution in [0.3, 0.4) is 0 Å². The van der Waals surface area contributed by atoms with Gasteiger partial charge in [0.1, 0.15) is 0 Å². The molecule has 7 heteroatoms. The molecule has 0 aliphatic rings. The molecule has 0 saturated heterocycles. The number of pyridine rings is 1. The van der Waals surface area contributed by atoms with E-state index in [-0.39, 0.29) is 12.3 Å². The number of benzene rings is 1. The fraction of sp³-hybridized carbons (Fsp3) is 0.250. The minimum atomic E-state index is -0.621. The molecule has 1 aromatic carbocycles. The van der Waals surface area contributed by atoms with E-state index in [4.69, 9.17) is 4.74 Å². The molecule has 6 nitrogen and oxygen atoms in total. The number of hydrogen-bond acceptors (Lipinski definition) is 5. The zero-order valence-electron chi connectivity index (χ0n) is 15.4. The fourth-order valence-corrected chi connectivity index (χ4v) is 3.19. The Morgan fingerprint density at radius 3 is 2.59 bits per heavy atom. The summed E-state index contributed by atoms with van der Waals surface area (Å²) < 4.78 is 6.97. The molecule has 140 valence electrons. The molecule has 2 aromatic heterocycles. The molecule has 0 unspecified atom stereocenters. The maximum Gasteiger partial charge on any atom is 0.359 e. The van der Waals surface area contributed by atoms with Crippen molar-refractivity contribution in [3.8, 4) is 0 Å². The lowest BCUT2D eigenvalue weighted by Crippen LogP contribution is -2.21. The number of thioether (sulfide) groups is 1. The Labute approximate surface area is 161 Å². The third kappa shape index (κ3) is 4.31. The van der Waals surface area contributed by atoms with Gasteiger partial charge in [0.15, 0.2) is 17.5 Å². The van der Waals surface area contributed by atoms with Crippen LogP contribution >= 0.6 is 11.8 Å². The Morgan fingerprint density at radius 2 is 1.93 bits per heavy atom. The molecular formula is C20H21N3O3S. The van der Waals surface area contributed by atoms with Gasteiger partial charge in [-0.1, -0.05) is 43.8 Å². The van der Waals surface area contributed by atoms with Gasteiger partial charge in [0.05, 0.1) is 5.52 Å². The standard InChI is InChI=1S/C20H21N3O3S/c1-13(2)14-7-9-15(10-8-14)21-17(24)12-26-19(25)18-16-6-4-5-11-23(16)20(22-18)27-3/h4-11,13H,12H2,1-3H3,(H,21,24). The zero-order valence-corrected chi connectivity index (χ0v) is 16.2. The van der Waals surface area contributed by atoms with E-state index in [1.54, 1.807) is 6.07 Å². The normalized spacial score (nSPS) is 11.0. The van der Waals surface area contributed by atoms with E-state index in [2.05, 4.69) is 24.1 Å². The maximum atomic E-state index is 12.4. The lowest BCUT2D eigenvalue weighted by atomic mass is 10.0. The number of fused-ring (bicyclic) bond motifs is 1. The Morgan fingerprint density at radius 1 is 1.19 bits per heavy atom. The quantitative estimate of drug-likeness (QED) is 0.515. The van der Waals surface area contributed by atoms with Gasteiger partial charge in [0.25, 0.3) is 5.91 Å². The van der Waals surface area contributed by atoms with E-state index in [9.17, 15) is 9.59 Å². The number of rotatable bonds is 6. The minimum Gasteiger partial charge on any atom is -0.451 e. The average Bonchev–Trinajstić information content (AvgIpc) is 3.05. The van der Waals surface area contributed by atoms with Crippen molar-refractivity contribution in [2.75, 3.05) is 18.2 Å². The summed E-state index contributed by atoms with van der Waals surface area (Å²) in [5.74, 6) is -0.592. The molecular weight excluding hydrogens is 362 g/mol. The van der Waals surface area contributed by atoms with Crippen LogP contribution in [-0.4, -0.2) is 34.1 Å². The van der Waals surface area contributed by atoms with Crippen molar-refractivity contribution in [1.82, 2.24) is 9.38 Å². The molecule has 1 N–H and O–H groups in total. The third-order valence-corrected chi connectivity index (χ3v) is 4.74. The average molecular weight is 383 g/mol. The molecule has 0 atom stereocenters. The topological polar surface area (TPSA) is 72.7 Å². The van der Waals surface area contributed by atoms with Gasteiger partial charge in [-0.3, -0.25) is 9.20 Å². The summed E-state index contributed by atoms with van der Waals surface area (Å²) in [6, 6.07) is 13.1. The zero-order chi connectivity index (χ0) is 19.4. The molecule has 0 aliphatic carbocycles. The molecule has 2 heterocycles.